The molecule has 1 unspecified atom stereocenters. The fourth-order valence-corrected chi connectivity index (χ4v) is 1.76. The van der Waals surface area contributed by atoms with Crippen LogP contribution in [0.4, 0.5) is 0 Å². The maximum absolute atomic E-state index is 12.0. The van der Waals surface area contributed by atoms with Gasteiger partial charge in [0.2, 0.25) is 0 Å². The molecule has 1 saturated heterocycles. The molecule has 0 saturated carbocycles. The van der Waals surface area contributed by atoms with E-state index in [2.05, 4.69) is 5.32 Å². The molecule has 0 aliphatic carbocycles. The van der Waals surface area contributed by atoms with Crippen molar-refractivity contribution in [2.45, 2.75) is 64.7 Å². The van der Waals surface area contributed by atoms with E-state index in [4.69, 9.17) is 9.47 Å². The molecule has 5 nitrogen and oxygen atoms in total. The Kier molecular flexibility index (Phi) is 4.37. The summed E-state index contributed by atoms with van der Waals surface area (Å²) in [5.74, 6) is -0.684. The van der Waals surface area contributed by atoms with Crippen LogP contribution in [0.25, 0.3) is 0 Å². The first-order chi connectivity index (χ1) is 8.14. The van der Waals surface area contributed by atoms with E-state index in [9.17, 15) is 9.59 Å². The summed E-state index contributed by atoms with van der Waals surface area (Å²) in [6.07, 6.45) is 1.55. The summed E-state index contributed by atoms with van der Waals surface area (Å²) in [6.45, 7) is 9.33. The summed E-state index contributed by atoms with van der Waals surface area (Å²) in [4.78, 5) is 23.7. The lowest BCUT2D eigenvalue weighted by Gasteiger charge is -2.26. The summed E-state index contributed by atoms with van der Waals surface area (Å²) < 4.78 is 10.6. The smallest absolute Gasteiger partial charge is 0.328 e. The molecule has 18 heavy (non-hydrogen) atoms. The lowest BCUT2D eigenvalue weighted by molar-refractivity contribution is -0.159. The van der Waals surface area contributed by atoms with Crippen LogP contribution in [0.15, 0.2) is 0 Å². The zero-order valence-electron chi connectivity index (χ0n) is 11.8. The van der Waals surface area contributed by atoms with Crippen LogP contribution in [0.3, 0.4) is 0 Å². The second-order valence-electron chi connectivity index (χ2n) is 5.91. The molecule has 0 radical (unpaired) electrons. The number of amides is 1. The van der Waals surface area contributed by atoms with Crippen molar-refractivity contribution in [2.75, 3.05) is 6.61 Å². The van der Waals surface area contributed by atoms with Gasteiger partial charge in [-0.1, -0.05) is 0 Å². The Bertz CT molecular complexity index is 326. The first kappa shape index (κ1) is 15.0. The molecule has 1 amide bonds. The monoisotopic (exact) mass is 257 g/mol. The molecule has 2 atom stereocenters. The van der Waals surface area contributed by atoms with Gasteiger partial charge in [-0.25, -0.2) is 4.79 Å². The van der Waals surface area contributed by atoms with Gasteiger partial charge >= 0.3 is 5.97 Å². The summed E-state index contributed by atoms with van der Waals surface area (Å²) in [5, 5.41) is 2.65. The average Bonchev–Trinajstić information content (AvgIpc) is 2.63. The maximum atomic E-state index is 12.0. The van der Waals surface area contributed by atoms with Crippen molar-refractivity contribution in [3.05, 3.63) is 0 Å². The lowest BCUT2D eigenvalue weighted by atomic mass is 10.0. The van der Waals surface area contributed by atoms with Crippen molar-refractivity contribution < 1.29 is 19.1 Å². The number of esters is 1. The zero-order valence-corrected chi connectivity index (χ0v) is 11.8. The molecular weight excluding hydrogens is 234 g/mol. The lowest BCUT2D eigenvalue weighted by Crippen LogP contribution is -2.50. The van der Waals surface area contributed by atoms with Crippen molar-refractivity contribution in [3.8, 4) is 0 Å². The second-order valence-corrected chi connectivity index (χ2v) is 5.91. The minimum atomic E-state index is -0.809. The molecule has 5 heteroatoms. The highest BCUT2D eigenvalue weighted by molar-refractivity contribution is 5.89. The van der Waals surface area contributed by atoms with Gasteiger partial charge in [-0.15, -0.1) is 0 Å². The van der Waals surface area contributed by atoms with E-state index in [1.54, 1.807) is 34.6 Å². The summed E-state index contributed by atoms with van der Waals surface area (Å²) in [6, 6.07) is -0.669. The second kappa shape index (κ2) is 5.26. The SMILES string of the molecule is C[C@@H](NC(=O)C1(C)CCCO1)C(=O)OC(C)(C)C. The average molecular weight is 257 g/mol. The topological polar surface area (TPSA) is 64.6 Å². The van der Waals surface area contributed by atoms with Crippen LogP contribution in [-0.4, -0.2) is 35.7 Å². The Hall–Kier alpha value is -1.10. The number of nitrogens with one attached hydrogen (secondary N) is 1. The Balaban J connectivity index is 2.51. The minimum absolute atomic E-state index is 0.252. The van der Waals surface area contributed by atoms with Crippen LogP contribution in [-0.2, 0) is 19.1 Å². The molecule has 0 aromatic rings. The Morgan fingerprint density at radius 3 is 2.44 bits per heavy atom. The third-order valence-corrected chi connectivity index (χ3v) is 2.81. The van der Waals surface area contributed by atoms with Gasteiger partial charge in [-0.2, -0.15) is 0 Å². The van der Waals surface area contributed by atoms with Gasteiger partial charge in [0.15, 0.2) is 0 Å². The zero-order chi connectivity index (χ0) is 14.0. The predicted octanol–water partition coefficient (Wildman–Crippen LogP) is 1.40. The van der Waals surface area contributed by atoms with Gasteiger partial charge in [0.1, 0.15) is 17.2 Å². The highest BCUT2D eigenvalue weighted by Crippen LogP contribution is 2.25. The number of carbonyl (C=O) groups excluding carboxylic acids is 2. The van der Waals surface area contributed by atoms with Gasteiger partial charge in [0, 0.05) is 6.61 Å². The van der Waals surface area contributed by atoms with Gasteiger partial charge in [0.25, 0.3) is 5.91 Å². The van der Waals surface area contributed by atoms with Crippen LogP contribution in [0.1, 0.15) is 47.5 Å². The molecule has 0 aromatic carbocycles. The van der Waals surface area contributed by atoms with E-state index in [0.29, 0.717) is 13.0 Å². The van der Waals surface area contributed by atoms with Crippen LogP contribution in [0, 0.1) is 0 Å². The van der Waals surface area contributed by atoms with Crippen molar-refractivity contribution in [3.63, 3.8) is 0 Å². The van der Waals surface area contributed by atoms with Crippen LogP contribution in [0.2, 0.25) is 0 Å². The molecule has 1 aliphatic heterocycles. The third kappa shape index (κ3) is 3.98. The number of rotatable bonds is 3. The number of hydrogen-bond donors (Lipinski definition) is 1. The fourth-order valence-electron chi connectivity index (χ4n) is 1.76. The van der Waals surface area contributed by atoms with E-state index in [1.807, 2.05) is 0 Å². The van der Waals surface area contributed by atoms with Crippen molar-refractivity contribution in [2.24, 2.45) is 0 Å². The molecule has 104 valence electrons. The number of ether oxygens (including phenoxy) is 2. The predicted molar refractivity (Wildman–Crippen MR) is 67.0 cm³/mol. The molecular formula is C13H23NO4. The van der Waals surface area contributed by atoms with Gasteiger partial charge in [0.05, 0.1) is 0 Å². The molecule has 1 fully saturated rings. The van der Waals surface area contributed by atoms with Crippen molar-refractivity contribution >= 4 is 11.9 Å². The quantitative estimate of drug-likeness (QED) is 0.776. The molecule has 1 N–H and O–H groups in total. The van der Waals surface area contributed by atoms with Gasteiger partial charge < -0.3 is 14.8 Å². The van der Waals surface area contributed by atoms with E-state index in [1.165, 1.54) is 0 Å². The summed E-state index contributed by atoms with van der Waals surface area (Å²) in [5.41, 5.74) is -1.36. The number of carbonyl (C=O) groups is 2. The standard InChI is InChI=1S/C13H23NO4/c1-9(10(15)18-12(2,3)4)14-11(16)13(5)7-6-8-17-13/h9H,6-8H2,1-5H3,(H,14,16)/t9-,13?/m1/s1. The van der Waals surface area contributed by atoms with Crippen LogP contribution < -0.4 is 5.32 Å². The fraction of sp³-hybridized carbons (Fsp3) is 0.846. The first-order valence-corrected chi connectivity index (χ1v) is 6.32. The minimum Gasteiger partial charge on any atom is -0.458 e. The molecule has 0 spiro atoms. The Labute approximate surface area is 108 Å². The van der Waals surface area contributed by atoms with E-state index in [0.717, 1.165) is 6.42 Å². The van der Waals surface area contributed by atoms with Crippen molar-refractivity contribution in [1.29, 1.82) is 0 Å². The van der Waals surface area contributed by atoms with Crippen LogP contribution >= 0.6 is 0 Å². The highest BCUT2D eigenvalue weighted by Gasteiger charge is 2.39. The van der Waals surface area contributed by atoms with Gasteiger partial charge in [-0.3, -0.25) is 4.79 Å². The molecule has 1 aliphatic rings. The molecule has 1 heterocycles. The Morgan fingerprint density at radius 2 is 2.00 bits per heavy atom. The largest absolute Gasteiger partial charge is 0.458 e. The highest BCUT2D eigenvalue weighted by atomic mass is 16.6. The van der Waals surface area contributed by atoms with Crippen molar-refractivity contribution in [1.82, 2.24) is 5.32 Å². The maximum Gasteiger partial charge on any atom is 0.328 e. The summed E-state index contributed by atoms with van der Waals surface area (Å²) >= 11 is 0. The van der Waals surface area contributed by atoms with E-state index in [-0.39, 0.29) is 5.91 Å². The van der Waals surface area contributed by atoms with Gasteiger partial charge in [-0.05, 0) is 47.5 Å². The summed E-state index contributed by atoms with van der Waals surface area (Å²) in [7, 11) is 0. The third-order valence-electron chi connectivity index (χ3n) is 2.81. The molecule has 1 rings (SSSR count). The Morgan fingerprint density at radius 1 is 1.39 bits per heavy atom. The number of hydrogen-bond acceptors (Lipinski definition) is 4. The normalized spacial score (nSPS) is 25.6. The first-order valence-electron chi connectivity index (χ1n) is 6.32. The molecule has 0 aromatic heterocycles. The van der Waals surface area contributed by atoms with E-state index >= 15 is 0 Å². The molecule has 0 bridgehead atoms. The van der Waals surface area contributed by atoms with Crippen LogP contribution in [0.5, 0.6) is 0 Å². The van der Waals surface area contributed by atoms with E-state index < -0.39 is 23.2 Å².